The molecular formula is C17H29N3O3. The second kappa shape index (κ2) is 6.15. The first kappa shape index (κ1) is 17.8. The maximum Gasteiger partial charge on any atom is 0.315 e. The van der Waals surface area contributed by atoms with E-state index in [2.05, 4.69) is 22.7 Å². The maximum absolute atomic E-state index is 12.2. The highest BCUT2D eigenvalue weighted by Crippen LogP contribution is 2.37. The number of hydrogen-bond acceptors (Lipinski definition) is 4. The van der Waals surface area contributed by atoms with Gasteiger partial charge in [0.1, 0.15) is 5.76 Å². The quantitative estimate of drug-likeness (QED) is 0.893. The molecule has 1 aromatic heterocycles. The zero-order chi connectivity index (χ0) is 17.4. The smallest absolute Gasteiger partial charge is 0.315 e. The summed E-state index contributed by atoms with van der Waals surface area (Å²) < 4.78 is 11.2. The molecule has 0 spiro atoms. The summed E-state index contributed by atoms with van der Waals surface area (Å²) in [5.41, 5.74) is 1.36. The second-order valence-electron chi connectivity index (χ2n) is 7.72. The number of rotatable bonds is 4. The number of carbonyl (C=O) groups excluding carboxylic acids is 1. The normalized spacial score (nSPS) is 23.5. The van der Waals surface area contributed by atoms with Crippen molar-refractivity contribution in [2.45, 2.75) is 78.0 Å². The monoisotopic (exact) mass is 323 g/mol. The van der Waals surface area contributed by atoms with Gasteiger partial charge >= 0.3 is 6.03 Å². The molecular weight excluding hydrogens is 294 g/mol. The molecule has 1 aromatic rings. The average molecular weight is 323 g/mol. The molecule has 23 heavy (non-hydrogen) atoms. The lowest BCUT2D eigenvalue weighted by Gasteiger charge is -2.27. The van der Waals surface area contributed by atoms with Crippen molar-refractivity contribution in [2.75, 3.05) is 6.54 Å². The molecule has 130 valence electrons. The van der Waals surface area contributed by atoms with Gasteiger partial charge in [-0.2, -0.15) is 0 Å². The van der Waals surface area contributed by atoms with Gasteiger partial charge in [0.05, 0.1) is 22.9 Å². The van der Waals surface area contributed by atoms with Crippen molar-refractivity contribution >= 4 is 6.03 Å². The molecule has 1 aliphatic rings. The van der Waals surface area contributed by atoms with Gasteiger partial charge in [0.15, 0.2) is 0 Å². The van der Waals surface area contributed by atoms with E-state index in [1.165, 1.54) is 0 Å². The van der Waals surface area contributed by atoms with Crippen LogP contribution in [-0.2, 0) is 4.74 Å². The highest BCUT2D eigenvalue weighted by Gasteiger charge is 2.46. The number of aromatic nitrogens is 1. The third kappa shape index (κ3) is 4.05. The second-order valence-corrected chi connectivity index (χ2v) is 7.72. The summed E-state index contributed by atoms with van der Waals surface area (Å²) in [5, 5.41) is 9.95. The summed E-state index contributed by atoms with van der Waals surface area (Å²) >= 11 is 0. The van der Waals surface area contributed by atoms with E-state index >= 15 is 0 Å². The van der Waals surface area contributed by atoms with Gasteiger partial charge in [-0.3, -0.25) is 0 Å². The van der Waals surface area contributed by atoms with E-state index in [1.54, 1.807) is 0 Å². The Morgan fingerprint density at radius 3 is 2.48 bits per heavy atom. The highest BCUT2D eigenvalue weighted by atomic mass is 16.5. The van der Waals surface area contributed by atoms with Gasteiger partial charge in [-0.25, -0.2) is 4.79 Å². The molecule has 2 N–H and O–H groups in total. The fraction of sp³-hybridized carbons (Fsp3) is 0.765. The Morgan fingerprint density at radius 2 is 2.00 bits per heavy atom. The van der Waals surface area contributed by atoms with Crippen molar-refractivity contribution in [1.29, 1.82) is 0 Å². The molecule has 1 aliphatic heterocycles. The summed E-state index contributed by atoms with van der Waals surface area (Å²) in [4.78, 5) is 12.2. The van der Waals surface area contributed by atoms with E-state index in [-0.39, 0.29) is 29.2 Å². The number of urea groups is 1. The van der Waals surface area contributed by atoms with Gasteiger partial charge in [0.2, 0.25) is 0 Å². The Balaban J connectivity index is 1.89. The standard InChI is InChI=1S/C17H29N3O3/c1-10(14-11(2)20-22-12(14)3)9-18-15(21)19-13-8-16(4,5)23-17(13,6)7/h10,13H,8-9H2,1-7H3,(H2,18,19,21)/t10-,13+/m0/s1. The SMILES string of the molecule is Cc1noc(C)c1[C@@H](C)CNC(=O)N[C@@H]1CC(C)(C)OC1(C)C. The van der Waals surface area contributed by atoms with Crippen LogP contribution in [0.25, 0.3) is 0 Å². The molecule has 2 rings (SSSR count). The van der Waals surface area contributed by atoms with Crippen molar-refractivity contribution in [3.8, 4) is 0 Å². The Bertz CT molecular complexity index is 558. The topological polar surface area (TPSA) is 76.4 Å². The van der Waals surface area contributed by atoms with Crippen LogP contribution in [0, 0.1) is 13.8 Å². The van der Waals surface area contributed by atoms with Crippen LogP contribution < -0.4 is 10.6 Å². The number of carbonyl (C=O) groups is 1. The molecule has 6 heteroatoms. The van der Waals surface area contributed by atoms with Crippen LogP contribution in [0.15, 0.2) is 4.52 Å². The van der Waals surface area contributed by atoms with Crippen molar-refractivity contribution < 1.29 is 14.1 Å². The van der Waals surface area contributed by atoms with Gasteiger partial charge in [-0.15, -0.1) is 0 Å². The molecule has 0 unspecified atom stereocenters. The average Bonchev–Trinajstić information content (AvgIpc) is 2.83. The minimum atomic E-state index is -0.367. The molecule has 2 atom stereocenters. The lowest BCUT2D eigenvalue weighted by molar-refractivity contribution is -0.0690. The summed E-state index contributed by atoms with van der Waals surface area (Å²) in [6.07, 6.45) is 0.798. The zero-order valence-electron chi connectivity index (χ0n) is 15.2. The van der Waals surface area contributed by atoms with Crippen LogP contribution in [0.2, 0.25) is 0 Å². The van der Waals surface area contributed by atoms with Crippen molar-refractivity contribution in [3.05, 3.63) is 17.0 Å². The number of hydrogen-bond donors (Lipinski definition) is 2. The fourth-order valence-corrected chi connectivity index (χ4v) is 3.54. The van der Waals surface area contributed by atoms with E-state index in [4.69, 9.17) is 9.26 Å². The minimum Gasteiger partial charge on any atom is -0.367 e. The van der Waals surface area contributed by atoms with Crippen LogP contribution in [0.3, 0.4) is 0 Å². The van der Waals surface area contributed by atoms with E-state index in [0.29, 0.717) is 6.54 Å². The Morgan fingerprint density at radius 1 is 1.35 bits per heavy atom. The third-order valence-electron chi connectivity index (χ3n) is 4.53. The van der Waals surface area contributed by atoms with Gasteiger partial charge in [0, 0.05) is 18.0 Å². The molecule has 0 aliphatic carbocycles. The highest BCUT2D eigenvalue weighted by molar-refractivity contribution is 5.74. The number of ether oxygens (including phenoxy) is 1. The summed E-state index contributed by atoms with van der Waals surface area (Å²) in [7, 11) is 0. The van der Waals surface area contributed by atoms with Gasteiger partial charge in [-0.05, 0) is 48.0 Å². The van der Waals surface area contributed by atoms with E-state index in [9.17, 15) is 4.79 Å². The Labute approximate surface area is 138 Å². The molecule has 0 bridgehead atoms. The number of nitrogens with zero attached hydrogens (tertiary/aromatic N) is 1. The third-order valence-corrected chi connectivity index (χ3v) is 4.53. The van der Waals surface area contributed by atoms with Crippen LogP contribution >= 0.6 is 0 Å². The Hall–Kier alpha value is -1.56. The number of aryl methyl sites for hydroxylation is 2. The van der Waals surface area contributed by atoms with Crippen molar-refractivity contribution in [3.63, 3.8) is 0 Å². The number of amides is 2. The molecule has 0 aromatic carbocycles. The molecule has 0 saturated carbocycles. The fourth-order valence-electron chi connectivity index (χ4n) is 3.54. The predicted octanol–water partition coefficient (Wildman–Crippen LogP) is 3.04. The molecule has 1 fully saturated rings. The molecule has 2 amide bonds. The van der Waals surface area contributed by atoms with Crippen LogP contribution in [0.4, 0.5) is 4.79 Å². The Kier molecular flexibility index (Phi) is 4.76. The lowest BCUT2D eigenvalue weighted by atomic mass is 9.94. The van der Waals surface area contributed by atoms with Gasteiger partial charge in [-0.1, -0.05) is 12.1 Å². The largest absolute Gasteiger partial charge is 0.367 e. The molecule has 1 saturated heterocycles. The first-order valence-electron chi connectivity index (χ1n) is 8.19. The number of nitrogens with one attached hydrogen (secondary N) is 2. The summed E-state index contributed by atoms with van der Waals surface area (Å²) in [6.45, 7) is 14.5. The predicted molar refractivity (Wildman–Crippen MR) is 88.6 cm³/mol. The van der Waals surface area contributed by atoms with Crippen LogP contribution in [0.5, 0.6) is 0 Å². The maximum atomic E-state index is 12.2. The van der Waals surface area contributed by atoms with Gasteiger partial charge in [0.25, 0.3) is 0 Å². The zero-order valence-corrected chi connectivity index (χ0v) is 15.2. The lowest BCUT2D eigenvalue weighted by Crippen LogP contribution is -2.50. The van der Waals surface area contributed by atoms with E-state index in [0.717, 1.165) is 23.4 Å². The molecule has 0 radical (unpaired) electrons. The molecule has 6 nitrogen and oxygen atoms in total. The first-order chi connectivity index (χ1) is 10.5. The van der Waals surface area contributed by atoms with E-state index < -0.39 is 0 Å². The van der Waals surface area contributed by atoms with Crippen molar-refractivity contribution in [2.24, 2.45) is 0 Å². The van der Waals surface area contributed by atoms with Crippen LogP contribution in [0.1, 0.15) is 64.0 Å². The van der Waals surface area contributed by atoms with Gasteiger partial charge < -0.3 is 19.9 Å². The summed E-state index contributed by atoms with van der Waals surface area (Å²) in [6, 6.07) is -0.171. The minimum absolute atomic E-state index is 0.00753. The van der Waals surface area contributed by atoms with Crippen LogP contribution in [-0.4, -0.2) is 35.0 Å². The first-order valence-corrected chi connectivity index (χ1v) is 8.19. The van der Waals surface area contributed by atoms with Crippen molar-refractivity contribution in [1.82, 2.24) is 15.8 Å². The summed E-state index contributed by atoms with van der Waals surface area (Å²) in [5.74, 6) is 0.959. The molecule has 2 heterocycles. The van der Waals surface area contributed by atoms with E-state index in [1.807, 2.05) is 41.5 Å².